The molecule has 0 bridgehead atoms. The molecule has 10 heteroatoms. The second-order valence-electron chi connectivity index (χ2n) is 11.2. The highest BCUT2D eigenvalue weighted by atomic mass is 79.9. The van der Waals surface area contributed by atoms with Crippen molar-refractivity contribution < 1.29 is 33.3 Å². The van der Waals surface area contributed by atoms with Gasteiger partial charge in [-0.2, -0.15) is 0 Å². The molecule has 0 spiro atoms. The third-order valence-electron chi connectivity index (χ3n) is 6.73. The van der Waals surface area contributed by atoms with Crippen LogP contribution in [-0.4, -0.2) is 47.2 Å². The van der Waals surface area contributed by atoms with Crippen molar-refractivity contribution >= 4 is 33.7 Å². The van der Waals surface area contributed by atoms with Crippen LogP contribution in [0.15, 0.2) is 82.3 Å². The van der Waals surface area contributed by atoms with Gasteiger partial charge in [-0.25, -0.2) is 9.38 Å². The molecule has 0 saturated carbocycles. The monoisotopic (exact) mass is 654 g/mol. The van der Waals surface area contributed by atoms with E-state index in [1.165, 1.54) is 6.07 Å². The molecule has 1 aliphatic rings. The second-order valence-corrected chi connectivity index (χ2v) is 12.1. The van der Waals surface area contributed by atoms with Crippen molar-refractivity contribution in [1.82, 2.24) is 5.32 Å². The van der Waals surface area contributed by atoms with Crippen LogP contribution in [0.1, 0.15) is 62.8 Å². The number of aliphatic hydroxyl groups is 1. The number of esters is 1. The Morgan fingerprint density at radius 3 is 2.42 bits per heavy atom. The van der Waals surface area contributed by atoms with E-state index < -0.39 is 34.9 Å². The summed E-state index contributed by atoms with van der Waals surface area (Å²) >= 11 is 3.45. The molecule has 1 heterocycles. The van der Waals surface area contributed by atoms with Gasteiger partial charge in [0.15, 0.2) is 11.6 Å². The number of aliphatic imine (C=N–C) groups is 1. The quantitative estimate of drug-likeness (QED) is 0.182. The highest BCUT2D eigenvalue weighted by Gasteiger charge is 2.53. The van der Waals surface area contributed by atoms with E-state index in [1.54, 1.807) is 63.2 Å². The molecule has 0 radical (unpaired) electrons. The maximum absolute atomic E-state index is 14.4. The minimum atomic E-state index is -1.57. The molecule has 0 aliphatic carbocycles. The van der Waals surface area contributed by atoms with Gasteiger partial charge in [0, 0.05) is 41.6 Å². The average Bonchev–Trinajstić information content (AvgIpc) is 3.36. The van der Waals surface area contributed by atoms with Gasteiger partial charge in [-0.3, -0.25) is 9.59 Å². The number of hydrogen-bond donors (Lipinski definition) is 2. The van der Waals surface area contributed by atoms with Crippen LogP contribution in [0.3, 0.4) is 0 Å². The zero-order chi connectivity index (χ0) is 31.0. The number of nitrogens with zero attached hydrogens (tertiary/aromatic N) is 1. The Labute approximate surface area is 259 Å². The van der Waals surface area contributed by atoms with Gasteiger partial charge < -0.3 is 24.6 Å². The fourth-order valence-corrected chi connectivity index (χ4v) is 4.93. The van der Waals surface area contributed by atoms with Gasteiger partial charge >= 0.3 is 5.97 Å². The number of benzene rings is 3. The fraction of sp³-hybridized carbons (Fsp3) is 0.364. The van der Waals surface area contributed by atoms with Crippen molar-refractivity contribution in [3.05, 3.63) is 99.8 Å². The number of carbonyl (C=O) groups excluding carboxylic acids is 2. The summed E-state index contributed by atoms with van der Waals surface area (Å²) in [7, 11) is 0. The predicted octanol–water partition coefficient (Wildman–Crippen LogP) is 6.04. The summed E-state index contributed by atoms with van der Waals surface area (Å²) in [5.74, 6) is -0.593. The Balaban J connectivity index is 1.72. The van der Waals surface area contributed by atoms with Gasteiger partial charge in [0.25, 0.3) is 5.91 Å². The zero-order valence-corrected chi connectivity index (χ0v) is 26.0. The third-order valence-corrected chi connectivity index (χ3v) is 7.26. The first kappa shape index (κ1) is 32.2. The molecule has 2 N–H and O–H groups in total. The number of rotatable bonds is 12. The van der Waals surface area contributed by atoms with Crippen LogP contribution in [0, 0.1) is 5.82 Å². The van der Waals surface area contributed by atoms with E-state index in [2.05, 4.69) is 21.2 Å². The maximum atomic E-state index is 14.4. The van der Waals surface area contributed by atoms with Gasteiger partial charge in [-0.05, 0) is 75.2 Å². The van der Waals surface area contributed by atoms with E-state index in [1.807, 2.05) is 24.3 Å². The molecule has 0 aromatic heterocycles. The first-order valence-corrected chi connectivity index (χ1v) is 14.9. The van der Waals surface area contributed by atoms with E-state index in [9.17, 15) is 14.0 Å². The van der Waals surface area contributed by atoms with Gasteiger partial charge in [0.05, 0.1) is 6.61 Å². The Bertz CT molecular complexity index is 1440. The number of ether oxygens (including phenoxy) is 3. The molecule has 4 rings (SSSR count). The van der Waals surface area contributed by atoms with Crippen molar-refractivity contribution in [2.75, 3.05) is 13.2 Å². The van der Waals surface area contributed by atoms with Gasteiger partial charge in [-0.15, -0.1) is 0 Å². The van der Waals surface area contributed by atoms with Crippen molar-refractivity contribution in [2.45, 2.75) is 63.8 Å². The highest BCUT2D eigenvalue weighted by molar-refractivity contribution is 9.10. The zero-order valence-electron chi connectivity index (χ0n) is 24.4. The number of carbonyl (C=O) groups is 2. The molecular weight excluding hydrogens is 619 g/mol. The molecule has 2 atom stereocenters. The Morgan fingerprint density at radius 2 is 1.77 bits per heavy atom. The number of nitrogens with one attached hydrogen (secondary N) is 1. The van der Waals surface area contributed by atoms with Crippen LogP contribution in [0.5, 0.6) is 5.75 Å². The molecule has 228 valence electrons. The summed E-state index contributed by atoms with van der Waals surface area (Å²) in [6, 6.07) is 20.6. The molecule has 1 aliphatic heterocycles. The normalized spacial score (nSPS) is 18.0. The van der Waals surface area contributed by atoms with Crippen LogP contribution >= 0.6 is 15.9 Å². The Hall–Kier alpha value is -3.76. The maximum Gasteiger partial charge on any atom is 0.306 e. The SMILES string of the molecule is CC(C)(C)OC(=O)CC[C@@]1(C(=O)NCc2ccccc2F)N=C(c2ccc(OCCCO)cc2)O[C@@H]1c1ccc(Br)cc1. The van der Waals surface area contributed by atoms with Gasteiger partial charge in [0.1, 0.15) is 17.2 Å². The van der Waals surface area contributed by atoms with Gasteiger partial charge in [0.2, 0.25) is 5.90 Å². The smallest absolute Gasteiger partial charge is 0.306 e. The lowest BCUT2D eigenvalue weighted by Crippen LogP contribution is -2.48. The topological polar surface area (TPSA) is 106 Å². The Kier molecular flexibility index (Phi) is 10.6. The summed E-state index contributed by atoms with van der Waals surface area (Å²) in [4.78, 5) is 31.9. The van der Waals surface area contributed by atoms with E-state index in [-0.39, 0.29) is 31.9 Å². The van der Waals surface area contributed by atoms with E-state index in [0.717, 1.165) is 4.47 Å². The lowest BCUT2D eigenvalue weighted by Gasteiger charge is -2.31. The average molecular weight is 656 g/mol. The van der Waals surface area contributed by atoms with E-state index in [0.29, 0.717) is 35.5 Å². The number of halogens is 2. The van der Waals surface area contributed by atoms with Crippen molar-refractivity contribution in [1.29, 1.82) is 0 Å². The standard InChI is InChI=1S/C33H36BrFN2O6/c1-32(2,3)43-28(39)17-18-33(31(40)36-21-24-7-4-5-8-27(24)35)29(22-9-13-25(34)14-10-22)42-30(37-33)23-11-15-26(16-12-23)41-20-6-19-38/h4-5,7-16,29,38H,6,17-21H2,1-3H3,(H,36,40)/t29-,33-/m1/s1. The lowest BCUT2D eigenvalue weighted by molar-refractivity contribution is -0.155. The number of amides is 1. The van der Waals surface area contributed by atoms with Crippen LogP contribution in [0.25, 0.3) is 0 Å². The molecule has 1 amide bonds. The fourth-order valence-electron chi connectivity index (χ4n) is 4.66. The van der Waals surface area contributed by atoms with Crippen molar-refractivity contribution in [3.8, 4) is 5.75 Å². The lowest BCUT2D eigenvalue weighted by atomic mass is 9.83. The van der Waals surface area contributed by atoms with Gasteiger partial charge in [-0.1, -0.05) is 46.3 Å². The first-order chi connectivity index (χ1) is 20.5. The van der Waals surface area contributed by atoms with Crippen LogP contribution in [0.2, 0.25) is 0 Å². The summed E-state index contributed by atoms with van der Waals surface area (Å²) < 4.78 is 32.9. The molecule has 8 nitrogen and oxygen atoms in total. The minimum Gasteiger partial charge on any atom is -0.494 e. The van der Waals surface area contributed by atoms with Crippen LogP contribution < -0.4 is 10.1 Å². The van der Waals surface area contributed by atoms with Crippen molar-refractivity contribution in [3.63, 3.8) is 0 Å². The Morgan fingerprint density at radius 1 is 1.07 bits per heavy atom. The minimum absolute atomic E-state index is 0.0163. The molecule has 3 aromatic rings. The number of hydrogen-bond acceptors (Lipinski definition) is 7. The third kappa shape index (κ3) is 8.42. The number of aliphatic hydroxyl groups excluding tert-OH is 1. The van der Waals surface area contributed by atoms with Crippen LogP contribution in [0.4, 0.5) is 4.39 Å². The summed E-state index contributed by atoms with van der Waals surface area (Å²) in [6.45, 7) is 5.66. The molecule has 43 heavy (non-hydrogen) atoms. The molecule has 3 aromatic carbocycles. The summed E-state index contributed by atoms with van der Waals surface area (Å²) in [5.41, 5.74) is -0.668. The largest absolute Gasteiger partial charge is 0.494 e. The molecule has 0 saturated heterocycles. The molecule has 0 fully saturated rings. The van der Waals surface area contributed by atoms with E-state index >= 15 is 0 Å². The predicted molar refractivity (Wildman–Crippen MR) is 164 cm³/mol. The molecule has 0 unspecified atom stereocenters. The second kappa shape index (κ2) is 14.1. The van der Waals surface area contributed by atoms with Crippen molar-refractivity contribution in [2.24, 2.45) is 4.99 Å². The first-order valence-electron chi connectivity index (χ1n) is 14.1. The highest BCUT2D eigenvalue weighted by Crippen LogP contribution is 2.43. The van der Waals surface area contributed by atoms with E-state index in [4.69, 9.17) is 24.3 Å². The summed E-state index contributed by atoms with van der Waals surface area (Å²) in [5, 5.41) is 11.9. The molecular formula is C33H36BrFN2O6. The van der Waals surface area contributed by atoms with Crippen LogP contribution in [-0.2, 0) is 25.6 Å². The summed E-state index contributed by atoms with van der Waals surface area (Å²) in [6.07, 6.45) is -0.499.